The lowest BCUT2D eigenvalue weighted by molar-refractivity contribution is 0.261. The van der Waals surface area contributed by atoms with Crippen LogP contribution in [-0.4, -0.2) is 20.1 Å². The van der Waals surface area contributed by atoms with Gasteiger partial charge in [-0.2, -0.15) is 0 Å². The molecule has 0 saturated heterocycles. The molecule has 1 aromatic rings. The number of rotatable bonds is 3. The fourth-order valence-electron chi connectivity index (χ4n) is 2.91. The summed E-state index contributed by atoms with van der Waals surface area (Å²) in [6.45, 7) is 4.73. The molecule has 0 spiro atoms. The fraction of sp³-hybridized carbons (Fsp3) is 0.625. The van der Waals surface area contributed by atoms with Crippen molar-refractivity contribution in [3.8, 4) is 0 Å². The van der Waals surface area contributed by atoms with E-state index >= 15 is 0 Å². The predicted molar refractivity (Wildman–Crippen MR) is 85.4 cm³/mol. The van der Waals surface area contributed by atoms with Crippen LogP contribution >= 0.6 is 11.6 Å². The molecule has 0 radical (unpaired) electrons. The van der Waals surface area contributed by atoms with E-state index in [0.717, 1.165) is 22.5 Å². The van der Waals surface area contributed by atoms with Gasteiger partial charge >= 0.3 is 0 Å². The molecule has 1 saturated carbocycles. The summed E-state index contributed by atoms with van der Waals surface area (Å²) < 4.78 is 0. The molecule has 0 heterocycles. The molecule has 3 atom stereocenters. The van der Waals surface area contributed by atoms with Crippen LogP contribution in [0.5, 0.6) is 0 Å². The Hall–Kier alpha value is -0.890. The first kappa shape index (κ1) is 14.5. The van der Waals surface area contributed by atoms with Crippen LogP contribution in [0.25, 0.3) is 0 Å². The van der Waals surface area contributed by atoms with Crippen LogP contribution < -0.4 is 10.2 Å². The number of nitrogens with zero attached hydrogens (tertiary/aromatic N) is 1. The standard InChI is InChI=1S/C16H25ClN2/c1-11-5-7-14(9-12(11)2)18-15-10-13(17)6-8-16(15)19(3)4/h6,8,10-12,14,18H,5,7,9H2,1-4H3. The second kappa shape index (κ2) is 6.04. The Morgan fingerprint density at radius 3 is 2.53 bits per heavy atom. The molecule has 0 amide bonds. The van der Waals surface area contributed by atoms with Crippen molar-refractivity contribution >= 4 is 23.0 Å². The van der Waals surface area contributed by atoms with Crippen molar-refractivity contribution in [3.05, 3.63) is 23.2 Å². The molecular formula is C16H25ClN2. The number of nitrogens with one attached hydrogen (secondary N) is 1. The molecule has 1 N–H and O–H groups in total. The zero-order valence-electron chi connectivity index (χ0n) is 12.4. The van der Waals surface area contributed by atoms with Crippen molar-refractivity contribution in [2.24, 2.45) is 11.8 Å². The molecule has 1 aromatic carbocycles. The van der Waals surface area contributed by atoms with Gasteiger partial charge in [0.05, 0.1) is 11.4 Å². The maximum absolute atomic E-state index is 6.13. The smallest absolute Gasteiger partial charge is 0.0597 e. The summed E-state index contributed by atoms with van der Waals surface area (Å²) in [7, 11) is 4.14. The lowest BCUT2D eigenvalue weighted by atomic mass is 9.79. The largest absolute Gasteiger partial charge is 0.381 e. The van der Waals surface area contributed by atoms with E-state index in [1.165, 1.54) is 24.9 Å². The van der Waals surface area contributed by atoms with Gasteiger partial charge in [0.2, 0.25) is 0 Å². The molecule has 106 valence electrons. The molecule has 0 bridgehead atoms. The Labute approximate surface area is 122 Å². The van der Waals surface area contributed by atoms with Crippen molar-refractivity contribution < 1.29 is 0 Å². The summed E-state index contributed by atoms with van der Waals surface area (Å²) in [5.74, 6) is 1.65. The van der Waals surface area contributed by atoms with E-state index in [0.29, 0.717) is 6.04 Å². The molecular weight excluding hydrogens is 256 g/mol. The molecule has 1 aliphatic carbocycles. The zero-order valence-corrected chi connectivity index (χ0v) is 13.2. The van der Waals surface area contributed by atoms with Gasteiger partial charge in [0, 0.05) is 25.2 Å². The number of benzene rings is 1. The summed E-state index contributed by atoms with van der Waals surface area (Å²) in [5.41, 5.74) is 2.36. The highest BCUT2D eigenvalue weighted by molar-refractivity contribution is 6.31. The van der Waals surface area contributed by atoms with E-state index in [1.54, 1.807) is 0 Å². The third-order valence-electron chi connectivity index (χ3n) is 4.40. The highest BCUT2D eigenvalue weighted by Crippen LogP contribution is 2.34. The fourth-order valence-corrected chi connectivity index (χ4v) is 3.08. The number of hydrogen-bond acceptors (Lipinski definition) is 2. The predicted octanol–water partition coefficient (Wildman–Crippen LogP) is 4.64. The summed E-state index contributed by atoms with van der Waals surface area (Å²) >= 11 is 6.13. The normalized spacial score (nSPS) is 27.1. The van der Waals surface area contributed by atoms with E-state index in [2.05, 4.69) is 44.2 Å². The summed E-state index contributed by atoms with van der Waals surface area (Å²) in [6.07, 6.45) is 3.82. The third kappa shape index (κ3) is 3.56. The summed E-state index contributed by atoms with van der Waals surface area (Å²) in [6, 6.07) is 6.65. The highest BCUT2D eigenvalue weighted by Gasteiger charge is 2.24. The van der Waals surface area contributed by atoms with E-state index < -0.39 is 0 Å². The lowest BCUT2D eigenvalue weighted by Gasteiger charge is -2.34. The Bertz CT molecular complexity index is 431. The van der Waals surface area contributed by atoms with Crippen LogP contribution in [0.2, 0.25) is 5.02 Å². The summed E-state index contributed by atoms with van der Waals surface area (Å²) in [4.78, 5) is 2.13. The first-order valence-corrected chi connectivity index (χ1v) is 7.58. The van der Waals surface area contributed by atoms with Crippen molar-refractivity contribution in [1.29, 1.82) is 0 Å². The minimum absolute atomic E-state index is 0.573. The molecule has 1 aliphatic rings. The van der Waals surface area contributed by atoms with Crippen LogP contribution in [0.3, 0.4) is 0 Å². The van der Waals surface area contributed by atoms with Crippen LogP contribution in [0.15, 0.2) is 18.2 Å². The van der Waals surface area contributed by atoms with Gasteiger partial charge in [-0.05, 0) is 49.3 Å². The number of hydrogen-bond donors (Lipinski definition) is 1. The van der Waals surface area contributed by atoms with E-state index in [4.69, 9.17) is 11.6 Å². The number of anilines is 2. The van der Waals surface area contributed by atoms with Gasteiger partial charge in [-0.25, -0.2) is 0 Å². The topological polar surface area (TPSA) is 15.3 Å². The average molecular weight is 281 g/mol. The second-order valence-corrected chi connectivity index (χ2v) is 6.60. The monoisotopic (exact) mass is 280 g/mol. The lowest BCUT2D eigenvalue weighted by Crippen LogP contribution is -2.30. The van der Waals surface area contributed by atoms with E-state index in [-0.39, 0.29) is 0 Å². The van der Waals surface area contributed by atoms with E-state index in [1.807, 2.05) is 12.1 Å². The first-order valence-electron chi connectivity index (χ1n) is 7.20. The minimum atomic E-state index is 0.573. The quantitative estimate of drug-likeness (QED) is 0.867. The minimum Gasteiger partial charge on any atom is -0.381 e. The number of halogens is 1. The molecule has 1 fully saturated rings. The van der Waals surface area contributed by atoms with Crippen molar-refractivity contribution in [2.45, 2.75) is 39.2 Å². The van der Waals surface area contributed by atoms with Crippen molar-refractivity contribution in [1.82, 2.24) is 0 Å². The zero-order chi connectivity index (χ0) is 14.0. The molecule has 3 heteroatoms. The van der Waals surface area contributed by atoms with Gasteiger partial charge < -0.3 is 10.2 Å². The second-order valence-electron chi connectivity index (χ2n) is 6.16. The van der Waals surface area contributed by atoms with Crippen LogP contribution in [-0.2, 0) is 0 Å². The van der Waals surface area contributed by atoms with Gasteiger partial charge in [-0.15, -0.1) is 0 Å². The molecule has 2 nitrogen and oxygen atoms in total. The summed E-state index contributed by atoms with van der Waals surface area (Å²) in [5, 5.41) is 4.49. The first-order chi connectivity index (χ1) is 8.97. The molecule has 0 aliphatic heterocycles. The van der Waals surface area contributed by atoms with Crippen LogP contribution in [0.4, 0.5) is 11.4 Å². The van der Waals surface area contributed by atoms with Gasteiger partial charge in [-0.3, -0.25) is 0 Å². The molecule has 19 heavy (non-hydrogen) atoms. The Kier molecular flexibility index (Phi) is 4.62. The maximum atomic E-state index is 6.13. The Balaban J connectivity index is 2.12. The SMILES string of the molecule is CC1CCC(Nc2cc(Cl)ccc2N(C)C)CC1C. The van der Waals surface area contributed by atoms with Gasteiger partial charge in [0.25, 0.3) is 0 Å². The average Bonchev–Trinajstić information content (AvgIpc) is 2.33. The van der Waals surface area contributed by atoms with Crippen LogP contribution in [0, 0.1) is 11.8 Å². The maximum Gasteiger partial charge on any atom is 0.0597 e. The Morgan fingerprint density at radius 1 is 1.16 bits per heavy atom. The van der Waals surface area contributed by atoms with Gasteiger partial charge in [-0.1, -0.05) is 25.4 Å². The van der Waals surface area contributed by atoms with E-state index in [9.17, 15) is 0 Å². The van der Waals surface area contributed by atoms with Gasteiger partial charge in [0.1, 0.15) is 0 Å². The molecule has 0 aromatic heterocycles. The molecule has 2 rings (SSSR count). The van der Waals surface area contributed by atoms with Crippen molar-refractivity contribution in [2.75, 3.05) is 24.3 Å². The van der Waals surface area contributed by atoms with Crippen molar-refractivity contribution in [3.63, 3.8) is 0 Å². The van der Waals surface area contributed by atoms with Gasteiger partial charge in [0.15, 0.2) is 0 Å². The Morgan fingerprint density at radius 2 is 1.89 bits per heavy atom. The highest BCUT2D eigenvalue weighted by atomic mass is 35.5. The molecule has 3 unspecified atom stereocenters. The van der Waals surface area contributed by atoms with Crippen LogP contribution in [0.1, 0.15) is 33.1 Å². The third-order valence-corrected chi connectivity index (χ3v) is 4.63.